The van der Waals surface area contributed by atoms with Crippen molar-refractivity contribution in [3.63, 3.8) is 0 Å². The number of nitrogens with zero attached hydrogens (tertiary/aromatic N) is 1. The number of pyridine rings is 1. The molecule has 0 aliphatic rings. The molecule has 5 heteroatoms. The minimum absolute atomic E-state index is 0.0319. The van der Waals surface area contributed by atoms with Crippen LogP contribution in [-0.4, -0.2) is 18.1 Å². The van der Waals surface area contributed by atoms with Crippen molar-refractivity contribution in [2.24, 2.45) is 0 Å². The SMILES string of the molecule is COC(=O)Cc1cncc(C(F)F)c1C. The maximum atomic E-state index is 12.5. The number of rotatable bonds is 3. The molecule has 1 rings (SSSR count). The summed E-state index contributed by atoms with van der Waals surface area (Å²) in [6.45, 7) is 1.54. The largest absolute Gasteiger partial charge is 0.469 e. The molecule has 1 aromatic rings. The molecular formula is C10H11F2NO2. The lowest BCUT2D eigenvalue weighted by atomic mass is 10.0. The highest BCUT2D eigenvalue weighted by Gasteiger charge is 2.15. The number of ether oxygens (including phenoxy) is 1. The molecule has 1 heterocycles. The molecule has 0 spiro atoms. The summed E-state index contributed by atoms with van der Waals surface area (Å²) in [5.74, 6) is -0.466. The van der Waals surface area contributed by atoms with E-state index in [9.17, 15) is 13.6 Å². The summed E-state index contributed by atoms with van der Waals surface area (Å²) in [6, 6.07) is 0. The van der Waals surface area contributed by atoms with E-state index in [-0.39, 0.29) is 12.0 Å². The topological polar surface area (TPSA) is 39.2 Å². The number of hydrogen-bond donors (Lipinski definition) is 0. The second kappa shape index (κ2) is 4.82. The number of carbonyl (C=O) groups excluding carboxylic acids is 1. The van der Waals surface area contributed by atoms with E-state index in [1.807, 2.05) is 0 Å². The summed E-state index contributed by atoms with van der Waals surface area (Å²) in [6.07, 6.45) is -0.0930. The molecular weight excluding hydrogens is 204 g/mol. The molecule has 0 aromatic carbocycles. The molecule has 0 fully saturated rings. The van der Waals surface area contributed by atoms with Crippen molar-refractivity contribution in [1.29, 1.82) is 0 Å². The third-order valence-corrected chi connectivity index (χ3v) is 2.16. The molecule has 0 atom stereocenters. The van der Waals surface area contributed by atoms with Crippen molar-refractivity contribution in [1.82, 2.24) is 4.98 Å². The normalized spacial score (nSPS) is 10.5. The highest BCUT2D eigenvalue weighted by atomic mass is 19.3. The highest BCUT2D eigenvalue weighted by molar-refractivity contribution is 5.72. The Hall–Kier alpha value is -1.52. The van der Waals surface area contributed by atoms with Gasteiger partial charge in [-0.1, -0.05) is 0 Å². The summed E-state index contributed by atoms with van der Waals surface area (Å²) >= 11 is 0. The van der Waals surface area contributed by atoms with Gasteiger partial charge in [0.05, 0.1) is 13.5 Å². The Morgan fingerprint density at radius 1 is 1.53 bits per heavy atom. The van der Waals surface area contributed by atoms with Gasteiger partial charge >= 0.3 is 5.97 Å². The van der Waals surface area contributed by atoms with Crippen LogP contribution in [0.1, 0.15) is 23.1 Å². The van der Waals surface area contributed by atoms with Crippen LogP contribution < -0.4 is 0 Å². The van der Waals surface area contributed by atoms with Crippen LogP contribution in [0.3, 0.4) is 0 Å². The highest BCUT2D eigenvalue weighted by Crippen LogP contribution is 2.23. The van der Waals surface area contributed by atoms with Gasteiger partial charge in [0.15, 0.2) is 0 Å². The third-order valence-electron chi connectivity index (χ3n) is 2.16. The Labute approximate surface area is 86.1 Å². The molecule has 0 aliphatic heterocycles. The first-order chi connectivity index (χ1) is 7.06. The molecule has 3 nitrogen and oxygen atoms in total. The van der Waals surface area contributed by atoms with Crippen molar-refractivity contribution in [3.05, 3.63) is 29.1 Å². The van der Waals surface area contributed by atoms with E-state index >= 15 is 0 Å². The van der Waals surface area contributed by atoms with Gasteiger partial charge in [-0.25, -0.2) is 8.78 Å². The summed E-state index contributed by atoms with van der Waals surface area (Å²) in [4.78, 5) is 14.6. The molecule has 0 aliphatic carbocycles. The van der Waals surface area contributed by atoms with Crippen molar-refractivity contribution in [3.8, 4) is 0 Å². The molecule has 0 amide bonds. The van der Waals surface area contributed by atoms with Gasteiger partial charge < -0.3 is 4.74 Å². The molecule has 0 N–H and O–H groups in total. The number of halogens is 2. The van der Waals surface area contributed by atoms with Gasteiger partial charge in [0.1, 0.15) is 0 Å². The minimum Gasteiger partial charge on any atom is -0.469 e. The monoisotopic (exact) mass is 215 g/mol. The summed E-state index contributed by atoms with van der Waals surface area (Å²) < 4.78 is 29.4. The quantitative estimate of drug-likeness (QED) is 0.724. The summed E-state index contributed by atoms with van der Waals surface area (Å²) in [5, 5.41) is 0. The Morgan fingerprint density at radius 2 is 2.20 bits per heavy atom. The smallest absolute Gasteiger partial charge is 0.310 e. The van der Waals surface area contributed by atoms with E-state index < -0.39 is 12.4 Å². The Morgan fingerprint density at radius 3 is 2.73 bits per heavy atom. The van der Waals surface area contributed by atoms with Crippen molar-refractivity contribution in [2.75, 3.05) is 7.11 Å². The molecule has 0 saturated heterocycles. The standard InChI is InChI=1S/C10H11F2NO2/c1-6-7(3-9(14)15-2)4-13-5-8(6)10(11)12/h4-5,10H,3H2,1-2H3. The van der Waals surface area contributed by atoms with Crippen LogP contribution in [0.2, 0.25) is 0 Å². The van der Waals surface area contributed by atoms with E-state index in [4.69, 9.17) is 0 Å². The molecule has 0 radical (unpaired) electrons. The van der Waals surface area contributed by atoms with E-state index in [2.05, 4.69) is 9.72 Å². The van der Waals surface area contributed by atoms with Gasteiger partial charge in [0, 0.05) is 18.0 Å². The second-order valence-corrected chi connectivity index (χ2v) is 3.07. The van der Waals surface area contributed by atoms with E-state index in [1.165, 1.54) is 13.3 Å². The van der Waals surface area contributed by atoms with E-state index in [0.29, 0.717) is 11.1 Å². The van der Waals surface area contributed by atoms with Crippen molar-refractivity contribution in [2.45, 2.75) is 19.8 Å². The van der Waals surface area contributed by atoms with Crippen molar-refractivity contribution < 1.29 is 18.3 Å². The number of aromatic nitrogens is 1. The van der Waals surface area contributed by atoms with Crippen LogP contribution >= 0.6 is 0 Å². The van der Waals surface area contributed by atoms with Crippen LogP contribution in [0.4, 0.5) is 8.78 Å². The Kier molecular flexibility index (Phi) is 3.71. The number of methoxy groups -OCH3 is 1. The fourth-order valence-corrected chi connectivity index (χ4v) is 1.21. The Bertz CT molecular complexity index is 366. The van der Waals surface area contributed by atoms with Gasteiger partial charge in [0.2, 0.25) is 0 Å². The van der Waals surface area contributed by atoms with Gasteiger partial charge in [-0.2, -0.15) is 0 Å². The first-order valence-corrected chi connectivity index (χ1v) is 4.34. The van der Waals surface area contributed by atoms with E-state index in [0.717, 1.165) is 6.20 Å². The lowest BCUT2D eigenvalue weighted by Gasteiger charge is -2.08. The molecule has 0 saturated carbocycles. The zero-order valence-electron chi connectivity index (χ0n) is 8.46. The number of alkyl halides is 2. The van der Waals surface area contributed by atoms with Gasteiger partial charge in [0.25, 0.3) is 6.43 Å². The van der Waals surface area contributed by atoms with Gasteiger partial charge in [-0.05, 0) is 18.1 Å². The molecule has 1 aromatic heterocycles. The zero-order valence-corrected chi connectivity index (χ0v) is 8.46. The first kappa shape index (κ1) is 11.6. The lowest BCUT2D eigenvalue weighted by molar-refractivity contribution is -0.139. The second-order valence-electron chi connectivity index (χ2n) is 3.07. The molecule has 15 heavy (non-hydrogen) atoms. The number of carbonyl (C=O) groups is 1. The fraction of sp³-hybridized carbons (Fsp3) is 0.400. The minimum atomic E-state index is -2.57. The van der Waals surface area contributed by atoms with Crippen molar-refractivity contribution >= 4 is 5.97 Å². The lowest BCUT2D eigenvalue weighted by Crippen LogP contribution is -2.07. The molecule has 82 valence electrons. The number of esters is 1. The van der Waals surface area contributed by atoms with Crippen LogP contribution in [0, 0.1) is 6.92 Å². The average molecular weight is 215 g/mol. The molecule has 0 unspecified atom stereocenters. The van der Waals surface area contributed by atoms with Gasteiger partial charge in [-0.3, -0.25) is 9.78 Å². The maximum absolute atomic E-state index is 12.5. The number of hydrogen-bond acceptors (Lipinski definition) is 3. The molecule has 0 bridgehead atoms. The fourth-order valence-electron chi connectivity index (χ4n) is 1.21. The first-order valence-electron chi connectivity index (χ1n) is 4.34. The average Bonchev–Trinajstić information content (AvgIpc) is 2.20. The van der Waals surface area contributed by atoms with E-state index in [1.54, 1.807) is 6.92 Å². The third kappa shape index (κ3) is 2.71. The van der Waals surface area contributed by atoms with Crippen LogP contribution in [0.15, 0.2) is 12.4 Å². The van der Waals surface area contributed by atoms with Crippen LogP contribution in [0.5, 0.6) is 0 Å². The predicted octanol–water partition coefficient (Wildman–Crippen LogP) is 2.04. The summed E-state index contributed by atoms with van der Waals surface area (Å²) in [5.41, 5.74) is 0.724. The van der Waals surface area contributed by atoms with Gasteiger partial charge in [-0.15, -0.1) is 0 Å². The Balaban J connectivity index is 2.99. The maximum Gasteiger partial charge on any atom is 0.310 e. The van der Waals surface area contributed by atoms with Crippen LogP contribution in [0.25, 0.3) is 0 Å². The zero-order chi connectivity index (χ0) is 11.4. The summed E-state index contributed by atoms with van der Waals surface area (Å²) in [7, 11) is 1.25. The van der Waals surface area contributed by atoms with Crippen LogP contribution in [-0.2, 0) is 16.0 Å². The predicted molar refractivity (Wildman–Crippen MR) is 49.7 cm³/mol.